The summed E-state index contributed by atoms with van der Waals surface area (Å²) < 4.78 is 5.10. The van der Waals surface area contributed by atoms with E-state index < -0.39 is 0 Å². The Bertz CT molecular complexity index is 598. The van der Waals surface area contributed by atoms with Gasteiger partial charge in [-0.3, -0.25) is 0 Å². The van der Waals surface area contributed by atoms with Gasteiger partial charge in [-0.05, 0) is 70.1 Å². The van der Waals surface area contributed by atoms with E-state index in [0.29, 0.717) is 6.61 Å². The molecule has 0 aliphatic carbocycles. The van der Waals surface area contributed by atoms with Gasteiger partial charge in [0.1, 0.15) is 0 Å². The fourth-order valence-corrected chi connectivity index (χ4v) is 4.11. The van der Waals surface area contributed by atoms with Gasteiger partial charge < -0.3 is 9.64 Å². The van der Waals surface area contributed by atoms with Gasteiger partial charge in [-0.2, -0.15) is 22.7 Å². The van der Waals surface area contributed by atoms with Crippen molar-refractivity contribution in [2.45, 2.75) is 19.8 Å². The van der Waals surface area contributed by atoms with Crippen molar-refractivity contribution >= 4 is 34.3 Å². The third-order valence-electron chi connectivity index (χ3n) is 3.87. The molecule has 22 heavy (non-hydrogen) atoms. The van der Waals surface area contributed by atoms with E-state index in [0.717, 1.165) is 25.9 Å². The van der Waals surface area contributed by atoms with E-state index in [4.69, 9.17) is 4.74 Å². The average molecular weight is 333 g/mol. The maximum atomic E-state index is 11.8. The van der Waals surface area contributed by atoms with Crippen molar-refractivity contribution in [3.63, 3.8) is 0 Å². The van der Waals surface area contributed by atoms with Crippen LogP contribution in [0.15, 0.2) is 39.2 Å². The van der Waals surface area contributed by atoms with Gasteiger partial charge in [0.15, 0.2) is 0 Å². The largest absolute Gasteiger partial charge is 0.450 e. The Balaban J connectivity index is 1.83. The quantitative estimate of drug-likeness (QED) is 0.802. The molecule has 0 spiro atoms. The third-order valence-corrected chi connectivity index (χ3v) is 5.23. The molecule has 1 amide bonds. The van der Waals surface area contributed by atoms with Crippen LogP contribution in [0.5, 0.6) is 0 Å². The summed E-state index contributed by atoms with van der Waals surface area (Å²) in [5.41, 5.74) is 5.38. The highest BCUT2D eigenvalue weighted by atomic mass is 32.1. The molecule has 3 rings (SSSR count). The summed E-state index contributed by atoms with van der Waals surface area (Å²) in [4.78, 5) is 13.6. The van der Waals surface area contributed by atoms with Crippen LogP contribution in [0.4, 0.5) is 4.79 Å². The highest BCUT2D eigenvalue weighted by Crippen LogP contribution is 2.34. The lowest BCUT2D eigenvalue weighted by atomic mass is 9.91. The lowest BCUT2D eigenvalue weighted by Gasteiger charge is -2.29. The first-order valence-corrected chi connectivity index (χ1v) is 9.37. The van der Waals surface area contributed by atoms with Crippen LogP contribution in [0.3, 0.4) is 0 Å². The number of likely N-dealkylation sites (tertiary alicyclic amines) is 1. The second-order valence-electron chi connectivity index (χ2n) is 5.19. The Morgan fingerprint density at radius 1 is 1.14 bits per heavy atom. The van der Waals surface area contributed by atoms with E-state index in [1.54, 1.807) is 22.7 Å². The van der Waals surface area contributed by atoms with Gasteiger partial charge in [-0.25, -0.2) is 4.79 Å². The zero-order chi connectivity index (χ0) is 15.4. The molecule has 3 nitrogen and oxygen atoms in total. The topological polar surface area (TPSA) is 29.5 Å². The van der Waals surface area contributed by atoms with Gasteiger partial charge in [0, 0.05) is 13.1 Å². The molecule has 1 aliphatic heterocycles. The van der Waals surface area contributed by atoms with Crippen LogP contribution in [0.1, 0.15) is 30.9 Å². The summed E-state index contributed by atoms with van der Waals surface area (Å²) in [6.07, 6.45) is 1.65. The van der Waals surface area contributed by atoms with Crippen molar-refractivity contribution in [1.82, 2.24) is 4.90 Å². The van der Waals surface area contributed by atoms with Gasteiger partial charge in [0.25, 0.3) is 0 Å². The van der Waals surface area contributed by atoms with Crippen LogP contribution in [0.25, 0.3) is 5.57 Å². The van der Waals surface area contributed by atoms with Crippen molar-refractivity contribution in [3.05, 3.63) is 50.4 Å². The number of hydrogen-bond donors (Lipinski definition) is 0. The van der Waals surface area contributed by atoms with Crippen LogP contribution >= 0.6 is 22.7 Å². The van der Waals surface area contributed by atoms with Crippen molar-refractivity contribution < 1.29 is 9.53 Å². The number of rotatable bonds is 3. The molecule has 0 aromatic carbocycles. The number of carbonyl (C=O) groups excluding carboxylic acids is 1. The average Bonchev–Trinajstić information content (AvgIpc) is 3.22. The Kier molecular flexibility index (Phi) is 4.95. The van der Waals surface area contributed by atoms with E-state index in [9.17, 15) is 4.79 Å². The Labute approximate surface area is 138 Å². The van der Waals surface area contributed by atoms with Crippen LogP contribution < -0.4 is 0 Å². The molecule has 0 bridgehead atoms. The lowest BCUT2D eigenvalue weighted by molar-refractivity contribution is 0.104. The second-order valence-corrected chi connectivity index (χ2v) is 6.75. The van der Waals surface area contributed by atoms with Gasteiger partial charge in [-0.15, -0.1) is 0 Å². The number of piperidine rings is 1. The molecule has 0 atom stereocenters. The van der Waals surface area contributed by atoms with E-state index in [1.807, 2.05) is 11.8 Å². The summed E-state index contributed by atoms with van der Waals surface area (Å²) in [6.45, 7) is 3.77. The van der Waals surface area contributed by atoms with E-state index in [2.05, 4.69) is 33.7 Å². The molecule has 0 unspecified atom stereocenters. The van der Waals surface area contributed by atoms with Gasteiger partial charge in [0.05, 0.1) is 6.61 Å². The SMILES string of the molecule is CCOC(=O)N1CCC(=C(c2ccsc2)c2ccsc2)CC1. The third kappa shape index (κ3) is 3.25. The standard InChI is InChI=1S/C17H19NO2S2/c1-2-20-17(19)18-7-3-13(4-8-18)16(14-5-9-21-11-14)15-6-10-22-12-15/h5-6,9-12H,2-4,7-8H2,1H3. The summed E-state index contributed by atoms with van der Waals surface area (Å²) in [6, 6.07) is 4.37. The number of thiophene rings is 2. The molecule has 1 aliphatic rings. The van der Waals surface area contributed by atoms with Crippen LogP contribution in [0.2, 0.25) is 0 Å². The van der Waals surface area contributed by atoms with Crippen LogP contribution in [-0.4, -0.2) is 30.7 Å². The maximum Gasteiger partial charge on any atom is 0.409 e. The summed E-state index contributed by atoms with van der Waals surface area (Å²) in [5, 5.41) is 8.65. The minimum atomic E-state index is -0.186. The molecule has 1 saturated heterocycles. The Hall–Kier alpha value is -1.59. The summed E-state index contributed by atoms with van der Waals surface area (Å²) in [5.74, 6) is 0. The summed E-state index contributed by atoms with van der Waals surface area (Å²) >= 11 is 3.45. The molecule has 2 aromatic rings. The minimum Gasteiger partial charge on any atom is -0.450 e. The predicted molar refractivity (Wildman–Crippen MR) is 92.5 cm³/mol. The Morgan fingerprint density at radius 3 is 2.18 bits per heavy atom. The fourth-order valence-electron chi connectivity index (χ4n) is 2.81. The molecule has 116 valence electrons. The van der Waals surface area contributed by atoms with Crippen molar-refractivity contribution in [1.29, 1.82) is 0 Å². The molecule has 0 N–H and O–H groups in total. The first-order valence-electron chi connectivity index (χ1n) is 7.48. The van der Waals surface area contributed by atoms with Crippen molar-refractivity contribution in [2.24, 2.45) is 0 Å². The van der Waals surface area contributed by atoms with Crippen LogP contribution in [-0.2, 0) is 4.74 Å². The predicted octanol–water partition coefficient (Wildman–Crippen LogP) is 4.86. The molecule has 3 heterocycles. The molecular formula is C17H19NO2S2. The molecule has 0 radical (unpaired) electrons. The van der Waals surface area contributed by atoms with E-state index in [-0.39, 0.29) is 6.09 Å². The number of nitrogens with zero attached hydrogens (tertiary/aromatic N) is 1. The van der Waals surface area contributed by atoms with E-state index in [1.165, 1.54) is 22.3 Å². The van der Waals surface area contributed by atoms with E-state index >= 15 is 0 Å². The second kappa shape index (κ2) is 7.11. The minimum absolute atomic E-state index is 0.186. The van der Waals surface area contributed by atoms with Crippen molar-refractivity contribution in [2.75, 3.05) is 19.7 Å². The van der Waals surface area contributed by atoms with Crippen LogP contribution in [0, 0.1) is 0 Å². The Morgan fingerprint density at radius 2 is 1.73 bits per heavy atom. The highest BCUT2D eigenvalue weighted by Gasteiger charge is 2.23. The number of ether oxygens (including phenoxy) is 1. The zero-order valence-electron chi connectivity index (χ0n) is 12.6. The molecule has 5 heteroatoms. The van der Waals surface area contributed by atoms with Gasteiger partial charge in [-0.1, -0.05) is 5.57 Å². The molecule has 2 aromatic heterocycles. The normalized spacial score (nSPS) is 15.0. The van der Waals surface area contributed by atoms with Gasteiger partial charge >= 0.3 is 6.09 Å². The van der Waals surface area contributed by atoms with Crippen molar-refractivity contribution in [3.8, 4) is 0 Å². The first kappa shape index (κ1) is 15.3. The highest BCUT2D eigenvalue weighted by molar-refractivity contribution is 7.08. The maximum absolute atomic E-state index is 11.8. The first-order chi connectivity index (χ1) is 10.8. The smallest absolute Gasteiger partial charge is 0.409 e. The fraction of sp³-hybridized carbons (Fsp3) is 0.353. The lowest BCUT2D eigenvalue weighted by Crippen LogP contribution is -2.37. The number of carbonyl (C=O) groups is 1. The monoisotopic (exact) mass is 333 g/mol. The zero-order valence-corrected chi connectivity index (χ0v) is 14.2. The number of hydrogen-bond acceptors (Lipinski definition) is 4. The molecule has 0 saturated carbocycles. The number of amides is 1. The molecular weight excluding hydrogens is 314 g/mol. The molecule has 1 fully saturated rings. The summed E-state index contributed by atoms with van der Waals surface area (Å²) in [7, 11) is 0. The van der Waals surface area contributed by atoms with Gasteiger partial charge in [0.2, 0.25) is 0 Å².